The summed E-state index contributed by atoms with van der Waals surface area (Å²) in [6, 6.07) is 82.9. The third-order valence-electron chi connectivity index (χ3n) is 14.7. The van der Waals surface area contributed by atoms with Gasteiger partial charge in [-0.3, -0.25) is 0 Å². The quantitative estimate of drug-likeness (QED) is 0.139. The molecular weight excluding hydrogens is 1250 g/mol. The Morgan fingerprint density at radius 1 is 0.257 bits per heavy atom. The Hall–Kier alpha value is -4.53. The number of hydrogen-bond acceptors (Lipinski definition) is 0. The van der Waals surface area contributed by atoms with Crippen LogP contribution in [-0.2, 0) is 40.1 Å². The van der Waals surface area contributed by atoms with E-state index in [2.05, 4.69) is 270 Å². The minimum absolute atomic E-state index is 0. The smallest absolute Gasteiger partial charge is 1.00 e. The van der Waals surface area contributed by atoms with Crippen molar-refractivity contribution < 1.29 is 64.9 Å². The molecule has 8 aromatic rings. The Bertz CT molecular complexity index is 2940. The van der Waals surface area contributed by atoms with E-state index in [0.717, 1.165) is 0 Å². The molecule has 0 heterocycles. The Morgan fingerprint density at radius 3 is 0.657 bits per heavy atom. The molecule has 344 valence electrons. The van der Waals surface area contributed by atoms with E-state index in [1.165, 1.54) is 22.3 Å². The van der Waals surface area contributed by atoms with Gasteiger partial charge in [-0.1, -0.05) is 0 Å². The summed E-state index contributed by atoms with van der Waals surface area (Å²) in [6.07, 6.45) is 9.94. The molecule has 0 fully saturated rings. The van der Waals surface area contributed by atoms with Crippen molar-refractivity contribution in [3.8, 4) is 0 Å². The maximum atomic E-state index is 2.49. The first-order valence-corrected chi connectivity index (χ1v) is 46.3. The maximum Gasteiger partial charge on any atom is -1.00 e. The van der Waals surface area contributed by atoms with Gasteiger partial charge in [0, 0.05) is 0 Å². The molecule has 4 aliphatic rings. The van der Waals surface area contributed by atoms with E-state index >= 15 is 0 Å². The first kappa shape index (κ1) is 50.4. The second-order valence-corrected chi connectivity index (χ2v) is 57.8. The molecule has 0 amide bonds. The van der Waals surface area contributed by atoms with Crippen LogP contribution in [0.25, 0.3) is 24.3 Å². The van der Waals surface area contributed by atoms with Crippen LogP contribution in [0.2, 0.25) is 0 Å². The van der Waals surface area contributed by atoms with E-state index in [1.54, 1.807) is 65.3 Å². The van der Waals surface area contributed by atoms with E-state index in [1.807, 2.05) is 0 Å². The van der Waals surface area contributed by atoms with Gasteiger partial charge >= 0.3 is 424 Å². The summed E-state index contributed by atoms with van der Waals surface area (Å²) in [5, 5.41) is 6.37. The molecule has 70 heavy (non-hydrogen) atoms. The van der Waals surface area contributed by atoms with Crippen LogP contribution in [0.1, 0.15) is 86.9 Å². The zero-order valence-corrected chi connectivity index (χ0v) is 50.9. The van der Waals surface area contributed by atoms with Crippen LogP contribution < -0.4 is 45.6 Å². The summed E-state index contributed by atoms with van der Waals surface area (Å²) >= 11 is -5.20. The molecule has 0 saturated carbocycles. The molecule has 0 saturated heterocycles. The standard InChI is InChI=1S/2C12H10Si.4C10H9.2ClH.2Hf/c2*1-3-7-11(8-4-1)13-12-9-5-2-6-10-12;4*1-8-6-9-4-2-3-5-10(9)7-8;;;;/h2*1-10H;4*2-7H,1H3;2*1H;;/p-2. The summed E-state index contributed by atoms with van der Waals surface area (Å²) < 4.78 is 2.48. The molecule has 0 radical (unpaired) electrons. The van der Waals surface area contributed by atoms with Gasteiger partial charge in [-0.2, -0.15) is 0 Å². The maximum absolute atomic E-state index is 2.60. The van der Waals surface area contributed by atoms with E-state index < -0.39 is 51.1 Å². The van der Waals surface area contributed by atoms with Crippen LogP contribution in [0.4, 0.5) is 0 Å². The van der Waals surface area contributed by atoms with Crippen molar-refractivity contribution in [1.82, 2.24) is 0 Å². The summed E-state index contributed by atoms with van der Waals surface area (Å²) in [7, 11) is 0. The molecule has 4 aliphatic carbocycles. The zero-order valence-electron chi connectivity index (χ0n) is 40.2. The normalized spacial score (nSPS) is 17.5. The van der Waals surface area contributed by atoms with Crippen LogP contribution in [0, 0.1) is 0 Å². The van der Waals surface area contributed by atoms with Crippen molar-refractivity contribution in [2.45, 2.75) is 42.4 Å². The zero-order chi connectivity index (χ0) is 46.1. The number of rotatable bonds is 8. The van der Waals surface area contributed by atoms with Gasteiger partial charge in [-0.15, -0.1) is 0 Å². The van der Waals surface area contributed by atoms with Gasteiger partial charge in [0.2, 0.25) is 0 Å². The summed E-state index contributed by atoms with van der Waals surface area (Å²) in [5.41, 5.74) is 16.7. The molecular formula is C64H56Cl2Hf2Si2-2. The first-order valence-electron chi connectivity index (χ1n) is 24.2. The molecule has 0 N–H and O–H groups in total. The van der Waals surface area contributed by atoms with Crippen molar-refractivity contribution in [2.24, 2.45) is 0 Å². The van der Waals surface area contributed by atoms with Gasteiger partial charge in [0.1, 0.15) is 0 Å². The molecule has 0 aliphatic heterocycles. The largest absolute Gasteiger partial charge is 1.00 e. The van der Waals surface area contributed by atoms with Crippen molar-refractivity contribution in [3.63, 3.8) is 0 Å². The number of allylic oxidation sites excluding steroid dienone is 4. The topological polar surface area (TPSA) is 0 Å². The van der Waals surface area contributed by atoms with E-state index in [4.69, 9.17) is 0 Å². The third kappa shape index (κ3) is 9.74. The average molecular weight is 1310 g/mol. The van der Waals surface area contributed by atoms with E-state index in [0.29, 0.717) is 14.7 Å². The molecule has 0 nitrogen and oxygen atoms in total. The van der Waals surface area contributed by atoms with Gasteiger partial charge in [-0.25, -0.2) is 0 Å². The van der Waals surface area contributed by atoms with Gasteiger partial charge in [0.25, 0.3) is 0 Å². The predicted molar refractivity (Wildman–Crippen MR) is 287 cm³/mol. The Morgan fingerprint density at radius 2 is 0.443 bits per heavy atom. The first-order chi connectivity index (χ1) is 33.4. The fourth-order valence-corrected chi connectivity index (χ4v) is 82.9. The van der Waals surface area contributed by atoms with Crippen molar-refractivity contribution >= 4 is 56.0 Å². The predicted octanol–water partition coefficient (Wildman–Crippen LogP) is 7.46. The minimum atomic E-state index is -2.60. The molecule has 12 rings (SSSR count). The molecule has 6 heteroatoms. The third-order valence-corrected chi connectivity index (χ3v) is 73.7. The molecule has 4 atom stereocenters. The van der Waals surface area contributed by atoms with Gasteiger partial charge < -0.3 is 24.8 Å². The summed E-state index contributed by atoms with van der Waals surface area (Å²) in [4.78, 5) is 0. The second kappa shape index (κ2) is 22.5. The monoisotopic (exact) mass is 1310 g/mol. The average Bonchev–Trinajstić information content (AvgIpc) is 4.11. The number of fused-ring (bicyclic) bond motifs is 4. The fraction of sp³-hybridized carbons (Fsp3) is 0.125. The number of benzene rings is 8. The Kier molecular flexibility index (Phi) is 16.2. The van der Waals surface area contributed by atoms with Gasteiger partial charge in [0.15, 0.2) is 0 Å². The second-order valence-electron chi connectivity index (χ2n) is 18.9. The number of hydrogen-bond donors (Lipinski definition) is 0. The van der Waals surface area contributed by atoms with Crippen LogP contribution in [0.3, 0.4) is 0 Å². The van der Waals surface area contributed by atoms with Crippen molar-refractivity contribution in [2.75, 3.05) is 0 Å². The molecule has 0 aromatic heterocycles. The fourth-order valence-electron chi connectivity index (χ4n) is 11.9. The minimum Gasteiger partial charge on any atom is -1.00 e. The van der Waals surface area contributed by atoms with Crippen LogP contribution in [0.15, 0.2) is 241 Å². The molecule has 0 spiro atoms. The van der Waals surface area contributed by atoms with E-state index in [9.17, 15) is 0 Å². The number of halogens is 2. The SMILES string of the molecule is CC1=Cc2ccccc2[CH]1[Hf]([CH]1C(C)=Cc2ccccc21)=[Si](c1ccccc1)c1ccccc1.CC1=Cc2ccccc2[CH]1[Hf]([CH]1C(C)=Cc2ccccc21)=[Si](c1ccccc1)c1ccccc1.[Cl-].[Cl-]. The Balaban J connectivity index is 0.000000169. The van der Waals surface area contributed by atoms with Crippen LogP contribution in [0.5, 0.6) is 0 Å². The Labute approximate surface area is 444 Å². The van der Waals surface area contributed by atoms with E-state index in [-0.39, 0.29) is 24.8 Å². The molecule has 4 unspecified atom stereocenters. The molecule has 0 bridgehead atoms. The van der Waals surface area contributed by atoms with Crippen LogP contribution in [-0.4, -0.2) is 11.0 Å². The molecule has 8 aromatic carbocycles. The van der Waals surface area contributed by atoms with Crippen molar-refractivity contribution in [1.29, 1.82) is 0 Å². The van der Waals surface area contributed by atoms with Gasteiger partial charge in [0.05, 0.1) is 0 Å². The van der Waals surface area contributed by atoms with Gasteiger partial charge in [-0.05, 0) is 0 Å². The van der Waals surface area contributed by atoms with Crippen LogP contribution >= 0.6 is 0 Å². The summed E-state index contributed by atoms with van der Waals surface area (Å²) in [6.45, 7) is 9.63. The summed E-state index contributed by atoms with van der Waals surface area (Å²) in [5.74, 6) is 0. The van der Waals surface area contributed by atoms with Crippen molar-refractivity contribution in [3.05, 3.63) is 285 Å².